The minimum absolute atomic E-state index is 0.148. The number of rotatable bonds is 4. The van der Waals surface area contributed by atoms with Crippen molar-refractivity contribution in [3.05, 3.63) is 29.6 Å². The summed E-state index contributed by atoms with van der Waals surface area (Å²) >= 11 is 0. The summed E-state index contributed by atoms with van der Waals surface area (Å²) in [6.45, 7) is 1.61. The van der Waals surface area contributed by atoms with Crippen molar-refractivity contribution in [3.8, 4) is 5.75 Å². The Hall–Kier alpha value is -1.62. The van der Waals surface area contributed by atoms with E-state index in [4.69, 9.17) is 10.2 Å². The number of aliphatic hydroxyl groups is 1. The first-order valence-electron chi connectivity index (χ1n) is 4.98. The average Bonchev–Trinajstić information content (AvgIpc) is 2.25. The van der Waals surface area contributed by atoms with Gasteiger partial charge in [-0.3, -0.25) is 4.79 Å². The van der Waals surface area contributed by atoms with Gasteiger partial charge in [0.15, 0.2) is 0 Å². The lowest BCUT2D eigenvalue weighted by molar-refractivity contribution is 0.0911. The molecular weight excluding hydrogens is 213 g/mol. The first-order valence-corrected chi connectivity index (χ1v) is 4.98. The number of halogens is 1. The number of nitrogens with one attached hydrogen (secondary N) is 1. The van der Waals surface area contributed by atoms with Crippen LogP contribution in [0.25, 0.3) is 0 Å². The largest absolute Gasteiger partial charge is 0.508 e. The standard InChI is InChI=1S/C11H14FNO3/c1-2-7(6-14)13-11(16)9-4-3-8(15)5-10(9)12/h3-5,7,14-15H,2,6H2,1H3,(H,13,16)/t7-/m1/s1. The Balaban J connectivity index is 2.80. The zero-order valence-electron chi connectivity index (χ0n) is 8.90. The molecule has 0 fully saturated rings. The molecule has 0 unspecified atom stereocenters. The van der Waals surface area contributed by atoms with E-state index >= 15 is 0 Å². The van der Waals surface area contributed by atoms with Crippen LogP contribution < -0.4 is 5.32 Å². The van der Waals surface area contributed by atoms with Crippen LogP contribution in [0.2, 0.25) is 0 Å². The van der Waals surface area contributed by atoms with E-state index in [0.29, 0.717) is 6.42 Å². The third-order valence-corrected chi connectivity index (χ3v) is 2.25. The van der Waals surface area contributed by atoms with Crippen LogP contribution >= 0.6 is 0 Å². The molecule has 1 rings (SSSR count). The quantitative estimate of drug-likeness (QED) is 0.719. The molecule has 1 aromatic rings. The molecule has 0 aliphatic heterocycles. The van der Waals surface area contributed by atoms with E-state index in [0.717, 1.165) is 6.07 Å². The average molecular weight is 227 g/mol. The SMILES string of the molecule is CC[C@H](CO)NC(=O)c1ccc(O)cc1F. The molecule has 4 nitrogen and oxygen atoms in total. The molecule has 0 spiro atoms. The number of amides is 1. The maximum atomic E-state index is 13.3. The number of carbonyl (C=O) groups is 1. The van der Waals surface area contributed by atoms with Crippen LogP contribution in [0.1, 0.15) is 23.7 Å². The molecule has 0 saturated heterocycles. The Bertz CT molecular complexity index is 377. The zero-order chi connectivity index (χ0) is 12.1. The summed E-state index contributed by atoms with van der Waals surface area (Å²) < 4.78 is 13.3. The van der Waals surface area contributed by atoms with E-state index in [-0.39, 0.29) is 24.0 Å². The van der Waals surface area contributed by atoms with E-state index in [1.54, 1.807) is 6.92 Å². The van der Waals surface area contributed by atoms with Crippen molar-refractivity contribution >= 4 is 5.91 Å². The van der Waals surface area contributed by atoms with Crippen LogP contribution in [0.5, 0.6) is 5.75 Å². The van der Waals surface area contributed by atoms with E-state index in [1.165, 1.54) is 12.1 Å². The molecule has 1 amide bonds. The van der Waals surface area contributed by atoms with Crippen molar-refractivity contribution in [1.29, 1.82) is 0 Å². The number of phenols is 1. The Morgan fingerprint density at radius 1 is 1.56 bits per heavy atom. The van der Waals surface area contributed by atoms with E-state index in [2.05, 4.69) is 5.32 Å². The number of benzene rings is 1. The summed E-state index contributed by atoms with van der Waals surface area (Å²) in [7, 11) is 0. The van der Waals surface area contributed by atoms with Crippen LogP contribution in [-0.4, -0.2) is 28.8 Å². The topological polar surface area (TPSA) is 69.6 Å². The molecule has 1 atom stereocenters. The normalized spacial score (nSPS) is 12.2. The summed E-state index contributed by atoms with van der Waals surface area (Å²) in [6, 6.07) is 2.91. The van der Waals surface area contributed by atoms with Crippen molar-refractivity contribution in [2.24, 2.45) is 0 Å². The lowest BCUT2D eigenvalue weighted by atomic mass is 10.1. The monoisotopic (exact) mass is 227 g/mol. The van der Waals surface area contributed by atoms with Crippen LogP contribution in [0.4, 0.5) is 4.39 Å². The summed E-state index contributed by atoms with van der Waals surface area (Å²) in [6.07, 6.45) is 0.557. The smallest absolute Gasteiger partial charge is 0.254 e. The van der Waals surface area contributed by atoms with Crippen molar-refractivity contribution in [3.63, 3.8) is 0 Å². The third kappa shape index (κ3) is 2.93. The maximum absolute atomic E-state index is 13.3. The van der Waals surface area contributed by atoms with Gasteiger partial charge in [0.1, 0.15) is 11.6 Å². The van der Waals surface area contributed by atoms with Gasteiger partial charge in [-0.2, -0.15) is 0 Å². The minimum Gasteiger partial charge on any atom is -0.508 e. The number of aromatic hydroxyl groups is 1. The number of phenolic OH excluding ortho intramolecular Hbond substituents is 1. The fourth-order valence-corrected chi connectivity index (χ4v) is 1.23. The Morgan fingerprint density at radius 3 is 2.75 bits per heavy atom. The highest BCUT2D eigenvalue weighted by molar-refractivity contribution is 5.94. The van der Waals surface area contributed by atoms with Gasteiger partial charge in [-0.25, -0.2) is 4.39 Å². The molecule has 16 heavy (non-hydrogen) atoms. The van der Waals surface area contributed by atoms with Crippen LogP contribution in [0.3, 0.4) is 0 Å². The highest BCUT2D eigenvalue weighted by atomic mass is 19.1. The van der Waals surface area contributed by atoms with Gasteiger partial charge in [0, 0.05) is 6.07 Å². The van der Waals surface area contributed by atoms with Gasteiger partial charge < -0.3 is 15.5 Å². The number of hydrogen-bond acceptors (Lipinski definition) is 3. The fraction of sp³-hybridized carbons (Fsp3) is 0.364. The fourth-order valence-electron chi connectivity index (χ4n) is 1.23. The number of carbonyl (C=O) groups excluding carboxylic acids is 1. The molecule has 0 radical (unpaired) electrons. The third-order valence-electron chi connectivity index (χ3n) is 2.25. The van der Waals surface area contributed by atoms with Crippen molar-refractivity contribution in [2.75, 3.05) is 6.61 Å². The highest BCUT2D eigenvalue weighted by Gasteiger charge is 2.15. The lowest BCUT2D eigenvalue weighted by Gasteiger charge is -2.14. The Morgan fingerprint density at radius 2 is 2.25 bits per heavy atom. The number of hydrogen-bond donors (Lipinski definition) is 3. The zero-order valence-corrected chi connectivity index (χ0v) is 8.90. The van der Waals surface area contributed by atoms with Crippen LogP contribution in [0, 0.1) is 5.82 Å². The van der Waals surface area contributed by atoms with Gasteiger partial charge in [0.05, 0.1) is 18.2 Å². The predicted molar refractivity (Wildman–Crippen MR) is 56.7 cm³/mol. The maximum Gasteiger partial charge on any atom is 0.254 e. The summed E-state index contributed by atoms with van der Waals surface area (Å²) in [5.41, 5.74) is -0.148. The van der Waals surface area contributed by atoms with Crippen LogP contribution in [0.15, 0.2) is 18.2 Å². The predicted octanol–water partition coefficient (Wildman–Crippen LogP) is 1.03. The van der Waals surface area contributed by atoms with Gasteiger partial charge in [0.25, 0.3) is 5.91 Å². The van der Waals surface area contributed by atoms with E-state index in [9.17, 15) is 9.18 Å². The van der Waals surface area contributed by atoms with Crippen LogP contribution in [-0.2, 0) is 0 Å². The Labute approximate surface area is 92.7 Å². The molecule has 88 valence electrons. The van der Waals surface area contributed by atoms with Gasteiger partial charge in [0.2, 0.25) is 0 Å². The van der Waals surface area contributed by atoms with Gasteiger partial charge >= 0.3 is 0 Å². The first kappa shape index (κ1) is 12.4. The van der Waals surface area contributed by atoms with Crippen molar-refractivity contribution in [2.45, 2.75) is 19.4 Å². The number of aliphatic hydroxyl groups excluding tert-OH is 1. The minimum atomic E-state index is -0.787. The molecule has 0 aliphatic carbocycles. The van der Waals surface area contributed by atoms with E-state index < -0.39 is 11.7 Å². The molecule has 5 heteroatoms. The first-order chi connectivity index (χ1) is 7.58. The summed E-state index contributed by atoms with van der Waals surface area (Å²) in [5, 5.41) is 20.4. The van der Waals surface area contributed by atoms with Gasteiger partial charge in [-0.1, -0.05) is 6.92 Å². The lowest BCUT2D eigenvalue weighted by Crippen LogP contribution is -2.37. The van der Waals surface area contributed by atoms with E-state index in [1.807, 2.05) is 0 Å². The Kier molecular flexibility index (Phi) is 4.25. The molecule has 0 heterocycles. The summed E-state index contributed by atoms with van der Waals surface area (Å²) in [4.78, 5) is 11.6. The molecular formula is C11H14FNO3. The second kappa shape index (κ2) is 5.46. The molecule has 0 aliphatic rings. The molecule has 0 bridgehead atoms. The van der Waals surface area contributed by atoms with Crippen molar-refractivity contribution < 1.29 is 19.4 Å². The molecule has 3 N–H and O–H groups in total. The summed E-state index contributed by atoms with van der Waals surface area (Å²) in [5.74, 6) is -1.62. The molecule has 0 saturated carbocycles. The van der Waals surface area contributed by atoms with Gasteiger partial charge in [-0.05, 0) is 18.6 Å². The molecule has 0 aromatic heterocycles. The second-order valence-electron chi connectivity index (χ2n) is 3.43. The van der Waals surface area contributed by atoms with Gasteiger partial charge in [-0.15, -0.1) is 0 Å². The molecule has 1 aromatic carbocycles. The van der Waals surface area contributed by atoms with Crippen molar-refractivity contribution in [1.82, 2.24) is 5.32 Å². The second-order valence-corrected chi connectivity index (χ2v) is 3.43. The highest BCUT2D eigenvalue weighted by Crippen LogP contribution is 2.15.